The third-order valence-corrected chi connectivity index (χ3v) is 6.21. The molecule has 0 spiro atoms. The SMILES string of the molecule is CCOC(=O)Nc1ccc(N2CCC[C@@H](CCN(C=O)C3(C)CC=CC3)C2)c(F)c1. The number of hydrogen-bond acceptors (Lipinski definition) is 4. The van der Waals surface area contributed by atoms with Crippen molar-refractivity contribution < 1.29 is 18.7 Å². The smallest absolute Gasteiger partial charge is 0.411 e. The van der Waals surface area contributed by atoms with Crippen molar-refractivity contribution in [3.63, 3.8) is 0 Å². The Morgan fingerprint density at radius 3 is 2.83 bits per heavy atom. The number of rotatable bonds is 8. The molecule has 2 amide bonds. The first-order chi connectivity index (χ1) is 14.4. The van der Waals surface area contributed by atoms with Gasteiger partial charge in [0, 0.05) is 30.9 Å². The van der Waals surface area contributed by atoms with Gasteiger partial charge in [0.15, 0.2) is 0 Å². The van der Waals surface area contributed by atoms with E-state index in [-0.39, 0.29) is 18.0 Å². The fraction of sp³-hybridized carbons (Fsp3) is 0.565. The minimum atomic E-state index is -0.589. The van der Waals surface area contributed by atoms with Crippen LogP contribution in [0, 0.1) is 11.7 Å². The van der Waals surface area contributed by atoms with Crippen LogP contribution in [-0.2, 0) is 9.53 Å². The maximum atomic E-state index is 14.7. The summed E-state index contributed by atoms with van der Waals surface area (Å²) in [6.07, 6.45) is 9.46. The summed E-state index contributed by atoms with van der Waals surface area (Å²) in [5.41, 5.74) is 0.820. The molecule has 6 nitrogen and oxygen atoms in total. The molecule has 0 saturated carbocycles. The summed E-state index contributed by atoms with van der Waals surface area (Å²) in [6.45, 7) is 6.41. The van der Waals surface area contributed by atoms with Crippen molar-refractivity contribution in [1.29, 1.82) is 0 Å². The second-order valence-electron chi connectivity index (χ2n) is 8.43. The predicted molar refractivity (Wildman–Crippen MR) is 116 cm³/mol. The second-order valence-corrected chi connectivity index (χ2v) is 8.43. The van der Waals surface area contributed by atoms with Gasteiger partial charge in [-0.25, -0.2) is 9.18 Å². The lowest BCUT2D eigenvalue weighted by Gasteiger charge is -2.39. The molecule has 1 N–H and O–H groups in total. The predicted octanol–water partition coefficient (Wildman–Crippen LogP) is 4.57. The van der Waals surface area contributed by atoms with E-state index in [4.69, 9.17) is 4.74 Å². The van der Waals surface area contributed by atoms with Crippen molar-refractivity contribution in [2.24, 2.45) is 5.92 Å². The Morgan fingerprint density at radius 2 is 2.17 bits per heavy atom. The third kappa shape index (κ3) is 5.32. The molecule has 0 unspecified atom stereocenters. The number of piperidine rings is 1. The fourth-order valence-electron chi connectivity index (χ4n) is 4.41. The topological polar surface area (TPSA) is 61.9 Å². The Balaban J connectivity index is 1.57. The Morgan fingerprint density at radius 1 is 1.40 bits per heavy atom. The lowest BCUT2D eigenvalue weighted by molar-refractivity contribution is -0.123. The van der Waals surface area contributed by atoms with E-state index < -0.39 is 6.09 Å². The van der Waals surface area contributed by atoms with Gasteiger partial charge >= 0.3 is 6.09 Å². The highest BCUT2D eigenvalue weighted by atomic mass is 19.1. The van der Waals surface area contributed by atoms with E-state index in [2.05, 4.69) is 29.3 Å². The maximum absolute atomic E-state index is 14.7. The number of carbonyl (C=O) groups is 2. The largest absolute Gasteiger partial charge is 0.450 e. The van der Waals surface area contributed by atoms with Gasteiger partial charge in [-0.3, -0.25) is 10.1 Å². The van der Waals surface area contributed by atoms with Crippen molar-refractivity contribution >= 4 is 23.9 Å². The molecule has 1 atom stereocenters. The van der Waals surface area contributed by atoms with E-state index in [1.807, 2.05) is 4.90 Å². The van der Waals surface area contributed by atoms with Crippen LogP contribution in [0.15, 0.2) is 30.4 Å². The summed E-state index contributed by atoms with van der Waals surface area (Å²) >= 11 is 0. The van der Waals surface area contributed by atoms with Gasteiger partial charge in [-0.05, 0) is 70.1 Å². The second kappa shape index (κ2) is 9.96. The average Bonchev–Trinajstić information content (AvgIpc) is 3.16. The van der Waals surface area contributed by atoms with Gasteiger partial charge in [0.25, 0.3) is 0 Å². The van der Waals surface area contributed by atoms with Crippen LogP contribution in [0.25, 0.3) is 0 Å². The summed E-state index contributed by atoms with van der Waals surface area (Å²) < 4.78 is 19.6. The van der Waals surface area contributed by atoms with Crippen LogP contribution in [0.1, 0.15) is 46.0 Å². The molecule has 0 radical (unpaired) electrons. The van der Waals surface area contributed by atoms with Gasteiger partial charge in [-0.2, -0.15) is 0 Å². The summed E-state index contributed by atoms with van der Waals surface area (Å²) in [6, 6.07) is 4.74. The van der Waals surface area contributed by atoms with E-state index in [1.165, 1.54) is 6.07 Å². The zero-order chi connectivity index (χ0) is 21.6. The number of nitrogens with zero attached hydrogens (tertiary/aromatic N) is 2. The van der Waals surface area contributed by atoms with Crippen LogP contribution in [0.5, 0.6) is 0 Å². The van der Waals surface area contributed by atoms with E-state index in [9.17, 15) is 14.0 Å². The minimum absolute atomic E-state index is 0.107. The molecule has 1 fully saturated rings. The van der Waals surface area contributed by atoms with Crippen LogP contribution in [-0.4, -0.2) is 49.2 Å². The van der Waals surface area contributed by atoms with Gasteiger partial charge in [0.05, 0.1) is 12.3 Å². The Labute approximate surface area is 178 Å². The van der Waals surface area contributed by atoms with Crippen molar-refractivity contribution in [2.45, 2.75) is 51.5 Å². The molecular weight excluding hydrogens is 385 g/mol. The molecule has 1 aromatic rings. The zero-order valence-corrected chi connectivity index (χ0v) is 17.9. The molecule has 1 saturated heterocycles. The minimum Gasteiger partial charge on any atom is -0.450 e. The van der Waals surface area contributed by atoms with Gasteiger partial charge in [0.2, 0.25) is 6.41 Å². The molecule has 1 aromatic carbocycles. The molecule has 0 bridgehead atoms. The molecule has 1 aliphatic carbocycles. The highest BCUT2D eigenvalue weighted by molar-refractivity contribution is 5.84. The normalized spacial score (nSPS) is 20.1. The monoisotopic (exact) mass is 417 g/mol. The van der Waals surface area contributed by atoms with Crippen LogP contribution >= 0.6 is 0 Å². The summed E-state index contributed by atoms with van der Waals surface area (Å²) in [5.74, 6) is 0.0555. The average molecular weight is 418 g/mol. The highest BCUT2D eigenvalue weighted by Crippen LogP contribution is 2.32. The molecule has 30 heavy (non-hydrogen) atoms. The molecule has 3 rings (SSSR count). The first kappa shape index (κ1) is 22.1. The first-order valence-corrected chi connectivity index (χ1v) is 10.8. The zero-order valence-electron chi connectivity index (χ0n) is 17.9. The number of carbonyl (C=O) groups excluding carboxylic acids is 2. The highest BCUT2D eigenvalue weighted by Gasteiger charge is 2.32. The number of benzene rings is 1. The third-order valence-electron chi connectivity index (χ3n) is 6.21. The summed E-state index contributed by atoms with van der Waals surface area (Å²) in [5, 5.41) is 2.53. The van der Waals surface area contributed by atoms with Gasteiger partial charge < -0.3 is 14.5 Å². The molecule has 1 aliphatic heterocycles. The van der Waals surface area contributed by atoms with Crippen molar-refractivity contribution in [1.82, 2.24) is 4.90 Å². The van der Waals surface area contributed by atoms with E-state index in [1.54, 1.807) is 19.1 Å². The lowest BCUT2D eigenvalue weighted by Crippen LogP contribution is -2.45. The number of amides is 2. The molecule has 1 heterocycles. The number of ether oxygens (including phenoxy) is 1. The number of nitrogens with one attached hydrogen (secondary N) is 1. The molecular formula is C23H32FN3O3. The Hall–Kier alpha value is -2.57. The molecule has 164 valence electrons. The van der Waals surface area contributed by atoms with Gasteiger partial charge in [-0.15, -0.1) is 0 Å². The van der Waals surface area contributed by atoms with Crippen LogP contribution in [0.2, 0.25) is 0 Å². The first-order valence-electron chi connectivity index (χ1n) is 10.8. The quantitative estimate of drug-likeness (QED) is 0.497. The fourth-order valence-corrected chi connectivity index (χ4v) is 4.41. The molecule has 2 aliphatic rings. The van der Waals surface area contributed by atoms with Crippen molar-refractivity contribution in [3.8, 4) is 0 Å². The number of hydrogen-bond donors (Lipinski definition) is 1. The number of anilines is 2. The Kier molecular flexibility index (Phi) is 7.34. The van der Waals surface area contributed by atoms with Gasteiger partial charge in [-0.1, -0.05) is 12.2 Å². The van der Waals surface area contributed by atoms with Crippen LogP contribution in [0.4, 0.5) is 20.6 Å². The molecule has 0 aromatic heterocycles. The summed E-state index contributed by atoms with van der Waals surface area (Å²) in [4.78, 5) is 27.2. The number of halogens is 1. The van der Waals surface area contributed by atoms with E-state index >= 15 is 0 Å². The Bertz CT molecular complexity index is 775. The maximum Gasteiger partial charge on any atom is 0.411 e. The standard InChI is InChI=1S/C23H32FN3O3/c1-3-30-22(29)25-19-8-9-21(20(24)15-19)26-13-6-7-18(16-26)10-14-27(17-28)23(2)11-4-5-12-23/h4-5,8-9,15,17-18H,3,6-7,10-14,16H2,1-2H3,(H,25,29)/t18-/m0/s1. The van der Waals surface area contributed by atoms with Crippen LogP contribution < -0.4 is 10.2 Å². The lowest BCUT2D eigenvalue weighted by atomic mass is 9.92. The van der Waals surface area contributed by atoms with E-state index in [0.717, 1.165) is 58.1 Å². The van der Waals surface area contributed by atoms with Crippen molar-refractivity contribution in [3.05, 3.63) is 36.2 Å². The van der Waals surface area contributed by atoms with Crippen LogP contribution in [0.3, 0.4) is 0 Å². The van der Waals surface area contributed by atoms with E-state index in [0.29, 0.717) is 17.3 Å². The molecule has 7 heteroatoms. The van der Waals surface area contributed by atoms with Gasteiger partial charge in [0.1, 0.15) is 5.82 Å². The summed E-state index contributed by atoms with van der Waals surface area (Å²) in [7, 11) is 0. The van der Waals surface area contributed by atoms with Crippen molar-refractivity contribution in [2.75, 3.05) is 36.5 Å².